The predicted molar refractivity (Wildman–Crippen MR) is 46.0 cm³/mol. The van der Waals surface area contributed by atoms with Gasteiger partial charge in [-0.15, -0.1) is 0 Å². The van der Waals surface area contributed by atoms with Gasteiger partial charge in [-0.2, -0.15) is 4.89 Å². The van der Waals surface area contributed by atoms with Gasteiger partial charge < -0.3 is 0 Å². The molecule has 0 aliphatic carbocycles. The van der Waals surface area contributed by atoms with Crippen LogP contribution in [0.5, 0.6) is 0 Å². The van der Waals surface area contributed by atoms with E-state index >= 15 is 0 Å². The molecular weight excluding hydrogens is 168 g/mol. The summed E-state index contributed by atoms with van der Waals surface area (Å²) < 4.78 is 0. The van der Waals surface area contributed by atoms with Crippen LogP contribution < -0.4 is 0 Å². The van der Waals surface area contributed by atoms with E-state index in [4.69, 9.17) is 4.89 Å². The van der Waals surface area contributed by atoms with E-state index in [0.29, 0.717) is 5.56 Å². The van der Waals surface area contributed by atoms with Crippen LogP contribution in [0.2, 0.25) is 0 Å². The fraction of sp³-hybridized carbons (Fsp3) is 0.300. The van der Waals surface area contributed by atoms with Crippen molar-refractivity contribution in [1.82, 2.24) is 0 Å². The highest BCUT2D eigenvalue weighted by atomic mass is 17.2. The van der Waals surface area contributed by atoms with Crippen molar-refractivity contribution in [3.05, 3.63) is 35.4 Å². The first-order chi connectivity index (χ1) is 6.11. The first kappa shape index (κ1) is 8.26. The second-order valence-corrected chi connectivity index (χ2v) is 3.51. The van der Waals surface area contributed by atoms with Crippen molar-refractivity contribution in [3.63, 3.8) is 0 Å². The Morgan fingerprint density at radius 2 is 1.92 bits per heavy atom. The van der Waals surface area contributed by atoms with Crippen LogP contribution in [-0.4, -0.2) is 5.97 Å². The van der Waals surface area contributed by atoms with E-state index in [2.05, 4.69) is 4.89 Å². The van der Waals surface area contributed by atoms with Gasteiger partial charge in [0.25, 0.3) is 0 Å². The third-order valence-electron chi connectivity index (χ3n) is 2.12. The van der Waals surface area contributed by atoms with Crippen molar-refractivity contribution in [3.8, 4) is 0 Å². The minimum Gasteiger partial charge on any atom is -0.292 e. The molecule has 1 heterocycles. The van der Waals surface area contributed by atoms with Crippen LogP contribution in [0.3, 0.4) is 0 Å². The molecule has 68 valence electrons. The molecule has 2 rings (SSSR count). The molecule has 0 spiro atoms. The lowest BCUT2D eigenvalue weighted by Crippen LogP contribution is -2.31. The molecule has 13 heavy (non-hydrogen) atoms. The highest BCUT2D eigenvalue weighted by Crippen LogP contribution is 2.32. The Hall–Kier alpha value is -1.35. The highest BCUT2D eigenvalue weighted by Gasteiger charge is 2.34. The normalized spacial score (nSPS) is 19.1. The molecular formula is C10H10O3. The standard InChI is InChI=1S/C10H10O3/c1-10(2)8-6-4-3-5-7(8)9(11)12-13-10/h3-6H,1-2H3. The summed E-state index contributed by atoms with van der Waals surface area (Å²) in [6.07, 6.45) is 0. The lowest BCUT2D eigenvalue weighted by atomic mass is 9.93. The lowest BCUT2D eigenvalue weighted by Gasteiger charge is -2.29. The second-order valence-electron chi connectivity index (χ2n) is 3.51. The molecule has 1 aromatic carbocycles. The quantitative estimate of drug-likeness (QED) is 0.570. The van der Waals surface area contributed by atoms with Gasteiger partial charge in [0.15, 0.2) is 0 Å². The Morgan fingerprint density at radius 1 is 1.23 bits per heavy atom. The second kappa shape index (κ2) is 2.57. The molecule has 0 aromatic heterocycles. The maximum absolute atomic E-state index is 11.2. The van der Waals surface area contributed by atoms with Gasteiger partial charge in [-0.1, -0.05) is 18.2 Å². The molecule has 0 atom stereocenters. The van der Waals surface area contributed by atoms with E-state index in [0.717, 1.165) is 5.56 Å². The molecule has 3 nitrogen and oxygen atoms in total. The van der Waals surface area contributed by atoms with Gasteiger partial charge in [-0.3, -0.25) is 4.89 Å². The summed E-state index contributed by atoms with van der Waals surface area (Å²) in [4.78, 5) is 20.8. The van der Waals surface area contributed by atoms with Crippen LogP contribution in [0.15, 0.2) is 24.3 Å². The lowest BCUT2D eigenvalue weighted by molar-refractivity contribution is -0.318. The maximum atomic E-state index is 11.2. The van der Waals surface area contributed by atoms with E-state index in [9.17, 15) is 4.79 Å². The SMILES string of the molecule is CC1(C)OOC(=O)c2ccccc21. The Bertz CT molecular complexity index is 355. The zero-order chi connectivity index (χ0) is 9.47. The molecule has 1 aliphatic heterocycles. The monoisotopic (exact) mass is 178 g/mol. The van der Waals surface area contributed by atoms with Crippen LogP contribution in [0.25, 0.3) is 0 Å². The number of benzene rings is 1. The molecule has 0 N–H and O–H groups in total. The molecule has 1 aromatic rings. The van der Waals surface area contributed by atoms with E-state index < -0.39 is 11.6 Å². The van der Waals surface area contributed by atoms with Crippen molar-refractivity contribution >= 4 is 5.97 Å². The van der Waals surface area contributed by atoms with E-state index in [1.165, 1.54) is 0 Å². The van der Waals surface area contributed by atoms with E-state index in [-0.39, 0.29) is 0 Å². The van der Waals surface area contributed by atoms with Gasteiger partial charge in [-0.05, 0) is 19.9 Å². The smallest absolute Gasteiger partial charge is 0.292 e. The minimum absolute atomic E-state index is 0.421. The van der Waals surface area contributed by atoms with Crippen LogP contribution >= 0.6 is 0 Å². The summed E-state index contributed by atoms with van der Waals surface area (Å²) in [6.45, 7) is 3.72. The summed E-state index contributed by atoms with van der Waals surface area (Å²) in [5, 5.41) is 0. The van der Waals surface area contributed by atoms with E-state index in [1.807, 2.05) is 32.0 Å². The number of hydrogen-bond acceptors (Lipinski definition) is 3. The minimum atomic E-state index is -0.551. The van der Waals surface area contributed by atoms with Gasteiger partial charge >= 0.3 is 5.97 Å². The number of carbonyl (C=O) groups is 1. The van der Waals surface area contributed by atoms with Crippen molar-refractivity contribution in [2.24, 2.45) is 0 Å². The summed E-state index contributed by atoms with van der Waals surface area (Å²) >= 11 is 0. The largest absolute Gasteiger partial charge is 0.373 e. The molecule has 0 unspecified atom stereocenters. The number of rotatable bonds is 0. The highest BCUT2D eigenvalue weighted by molar-refractivity contribution is 5.91. The number of fused-ring (bicyclic) bond motifs is 1. The number of hydrogen-bond donors (Lipinski definition) is 0. The van der Waals surface area contributed by atoms with Gasteiger partial charge in [-0.25, -0.2) is 4.79 Å². The Labute approximate surface area is 76.2 Å². The van der Waals surface area contributed by atoms with Crippen molar-refractivity contribution in [2.45, 2.75) is 19.4 Å². The van der Waals surface area contributed by atoms with Crippen LogP contribution in [-0.2, 0) is 15.4 Å². The summed E-state index contributed by atoms with van der Waals surface area (Å²) in [6, 6.07) is 7.29. The Kier molecular flexibility index (Phi) is 1.63. The van der Waals surface area contributed by atoms with Crippen LogP contribution in [0, 0.1) is 0 Å². The number of carbonyl (C=O) groups excluding carboxylic acids is 1. The van der Waals surface area contributed by atoms with E-state index in [1.54, 1.807) is 6.07 Å². The first-order valence-electron chi connectivity index (χ1n) is 4.11. The van der Waals surface area contributed by atoms with Gasteiger partial charge in [0.2, 0.25) is 0 Å². The maximum Gasteiger partial charge on any atom is 0.373 e. The fourth-order valence-corrected chi connectivity index (χ4v) is 1.42. The van der Waals surface area contributed by atoms with Crippen LogP contribution in [0.1, 0.15) is 29.8 Å². The zero-order valence-electron chi connectivity index (χ0n) is 7.53. The molecule has 0 fully saturated rings. The fourth-order valence-electron chi connectivity index (χ4n) is 1.42. The predicted octanol–water partition coefficient (Wildman–Crippen LogP) is 2.02. The van der Waals surface area contributed by atoms with Gasteiger partial charge in [0.1, 0.15) is 5.60 Å². The Balaban J connectivity index is 2.61. The van der Waals surface area contributed by atoms with Crippen molar-refractivity contribution in [1.29, 1.82) is 0 Å². The summed E-state index contributed by atoms with van der Waals surface area (Å²) in [7, 11) is 0. The molecule has 0 bridgehead atoms. The van der Waals surface area contributed by atoms with Crippen molar-refractivity contribution < 1.29 is 14.6 Å². The average Bonchev–Trinajstić information content (AvgIpc) is 2.13. The van der Waals surface area contributed by atoms with Crippen molar-refractivity contribution in [2.75, 3.05) is 0 Å². The molecule has 3 heteroatoms. The molecule has 1 aliphatic rings. The summed E-state index contributed by atoms with van der Waals surface area (Å²) in [5.41, 5.74) is 0.898. The van der Waals surface area contributed by atoms with Gasteiger partial charge in [0.05, 0.1) is 5.56 Å². The molecule has 0 amide bonds. The molecule has 0 radical (unpaired) electrons. The summed E-state index contributed by atoms with van der Waals surface area (Å²) in [5.74, 6) is -0.421. The first-order valence-corrected chi connectivity index (χ1v) is 4.11. The Morgan fingerprint density at radius 3 is 2.62 bits per heavy atom. The molecule has 0 saturated heterocycles. The topological polar surface area (TPSA) is 35.5 Å². The molecule has 0 saturated carbocycles. The zero-order valence-corrected chi connectivity index (χ0v) is 7.53. The van der Waals surface area contributed by atoms with Crippen LogP contribution in [0.4, 0.5) is 0 Å². The average molecular weight is 178 g/mol. The third-order valence-corrected chi connectivity index (χ3v) is 2.12. The van der Waals surface area contributed by atoms with Gasteiger partial charge in [0, 0.05) is 5.56 Å². The third kappa shape index (κ3) is 1.21.